The highest BCUT2D eigenvalue weighted by Crippen LogP contribution is 2.48. The zero-order valence-corrected chi connectivity index (χ0v) is 17.8. The van der Waals surface area contributed by atoms with Crippen molar-refractivity contribution in [1.29, 1.82) is 0 Å². The molecule has 154 valence electrons. The van der Waals surface area contributed by atoms with E-state index >= 15 is 0 Å². The Balaban J connectivity index is 2.21. The molecule has 0 bridgehead atoms. The van der Waals surface area contributed by atoms with Gasteiger partial charge in [-0.15, -0.1) is 0 Å². The van der Waals surface area contributed by atoms with Gasteiger partial charge in [0.25, 0.3) is 0 Å². The van der Waals surface area contributed by atoms with E-state index in [2.05, 4.69) is 0 Å². The largest absolute Gasteiger partial charge is 0.481 e. The smallest absolute Gasteiger partial charge is 0.304 e. The van der Waals surface area contributed by atoms with Crippen LogP contribution in [0.2, 0.25) is 10.0 Å². The lowest BCUT2D eigenvalue weighted by atomic mass is 9.70. The molecule has 5 nitrogen and oxygen atoms in total. The van der Waals surface area contributed by atoms with E-state index in [0.29, 0.717) is 16.5 Å². The number of carbonyl (C=O) groups is 2. The van der Waals surface area contributed by atoms with Crippen LogP contribution in [-0.2, 0) is 15.3 Å². The standard InChI is InChI=1S/C22H24Cl2N2O3/c1-13(2)26-21(29)15(12-20(27)28)11-19(14-4-3-5-18(24)10-14)22(26,25)16-6-8-17(23)9-7-16/h3-10,13,15,19H,11-12,25H2,1-2H3,(H,27,28). The molecule has 0 aromatic heterocycles. The van der Waals surface area contributed by atoms with Crippen LogP contribution in [0.3, 0.4) is 0 Å². The molecule has 2 aromatic carbocycles. The fourth-order valence-electron chi connectivity index (χ4n) is 4.35. The minimum atomic E-state index is -1.17. The van der Waals surface area contributed by atoms with Crippen molar-refractivity contribution < 1.29 is 14.7 Å². The van der Waals surface area contributed by atoms with Crippen molar-refractivity contribution >= 4 is 35.1 Å². The summed E-state index contributed by atoms with van der Waals surface area (Å²) in [5.74, 6) is -2.26. The molecule has 1 aliphatic heterocycles. The van der Waals surface area contributed by atoms with Gasteiger partial charge in [0, 0.05) is 27.9 Å². The third-order valence-corrected chi connectivity index (χ3v) is 6.02. The molecule has 7 heteroatoms. The summed E-state index contributed by atoms with van der Waals surface area (Å²) in [7, 11) is 0. The third-order valence-electron chi connectivity index (χ3n) is 5.53. The molecule has 1 saturated heterocycles. The number of carbonyl (C=O) groups excluding carboxylic acids is 1. The maximum Gasteiger partial charge on any atom is 0.304 e. The second-order valence-corrected chi connectivity index (χ2v) is 8.65. The lowest BCUT2D eigenvalue weighted by Gasteiger charge is -2.54. The van der Waals surface area contributed by atoms with E-state index < -0.39 is 17.6 Å². The van der Waals surface area contributed by atoms with Crippen LogP contribution >= 0.6 is 23.2 Å². The van der Waals surface area contributed by atoms with Crippen molar-refractivity contribution in [2.24, 2.45) is 11.7 Å². The SMILES string of the molecule is CC(C)N1C(=O)C(CC(=O)O)CC(c2cccc(Cl)c2)C1(N)c1ccc(Cl)cc1. The minimum Gasteiger partial charge on any atom is -0.481 e. The first kappa shape index (κ1) is 21.6. The molecular weight excluding hydrogens is 411 g/mol. The number of hydrogen-bond acceptors (Lipinski definition) is 3. The van der Waals surface area contributed by atoms with Gasteiger partial charge in [-0.05, 0) is 55.7 Å². The van der Waals surface area contributed by atoms with E-state index in [9.17, 15) is 14.7 Å². The quantitative estimate of drug-likeness (QED) is 0.718. The Morgan fingerprint density at radius 2 is 1.86 bits per heavy atom. The molecule has 3 N–H and O–H groups in total. The second kappa shape index (κ2) is 8.34. The number of aliphatic carboxylic acids is 1. The van der Waals surface area contributed by atoms with Crippen LogP contribution in [0.4, 0.5) is 0 Å². The van der Waals surface area contributed by atoms with Gasteiger partial charge in [0.2, 0.25) is 5.91 Å². The molecule has 3 rings (SSSR count). The van der Waals surface area contributed by atoms with Gasteiger partial charge in [0.05, 0.1) is 6.42 Å². The summed E-state index contributed by atoms with van der Waals surface area (Å²) in [6.45, 7) is 3.77. The first-order chi connectivity index (χ1) is 13.6. The Morgan fingerprint density at radius 1 is 1.21 bits per heavy atom. The topological polar surface area (TPSA) is 83.6 Å². The Hall–Kier alpha value is -2.08. The fourth-order valence-corrected chi connectivity index (χ4v) is 4.67. The average molecular weight is 435 g/mol. The Labute approximate surface area is 180 Å². The summed E-state index contributed by atoms with van der Waals surface area (Å²) in [6, 6.07) is 14.2. The predicted molar refractivity (Wildman–Crippen MR) is 114 cm³/mol. The zero-order valence-electron chi connectivity index (χ0n) is 16.3. The lowest BCUT2D eigenvalue weighted by Crippen LogP contribution is -2.66. The molecule has 0 aliphatic carbocycles. The first-order valence-corrected chi connectivity index (χ1v) is 10.3. The van der Waals surface area contributed by atoms with E-state index in [4.69, 9.17) is 28.9 Å². The fraction of sp³-hybridized carbons (Fsp3) is 0.364. The number of rotatable bonds is 5. The number of likely N-dealkylation sites (tertiary alicyclic amines) is 1. The molecule has 2 aromatic rings. The van der Waals surface area contributed by atoms with Gasteiger partial charge in [0.15, 0.2) is 0 Å². The second-order valence-electron chi connectivity index (χ2n) is 7.77. The van der Waals surface area contributed by atoms with Gasteiger partial charge in [-0.2, -0.15) is 0 Å². The van der Waals surface area contributed by atoms with Gasteiger partial charge in [-0.3, -0.25) is 9.59 Å². The van der Waals surface area contributed by atoms with E-state index in [-0.39, 0.29) is 24.3 Å². The van der Waals surface area contributed by atoms with Gasteiger partial charge in [0.1, 0.15) is 5.66 Å². The van der Waals surface area contributed by atoms with Crippen molar-refractivity contribution in [2.75, 3.05) is 0 Å². The molecule has 29 heavy (non-hydrogen) atoms. The predicted octanol–water partition coefficient (Wildman–Crippen LogP) is 4.62. The number of amides is 1. The zero-order chi connectivity index (χ0) is 21.3. The highest BCUT2D eigenvalue weighted by molar-refractivity contribution is 6.30. The summed E-state index contributed by atoms with van der Waals surface area (Å²) >= 11 is 12.3. The van der Waals surface area contributed by atoms with Gasteiger partial charge in [-0.1, -0.05) is 47.5 Å². The van der Waals surface area contributed by atoms with Crippen LogP contribution < -0.4 is 5.73 Å². The molecular formula is C22H24Cl2N2O3. The lowest BCUT2D eigenvalue weighted by molar-refractivity contribution is -0.158. The van der Waals surface area contributed by atoms with E-state index in [1.54, 1.807) is 23.1 Å². The van der Waals surface area contributed by atoms with Crippen LogP contribution in [0.25, 0.3) is 0 Å². The van der Waals surface area contributed by atoms with Gasteiger partial charge >= 0.3 is 5.97 Å². The highest BCUT2D eigenvalue weighted by atomic mass is 35.5. The van der Waals surface area contributed by atoms with Crippen LogP contribution in [0.1, 0.15) is 43.7 Å². The van der Waals surface area contributed by atoms with Gasteiger partial charge < -0.3 is 15.7 Å². The van der Waals surface area contributed by atoms with E-state index in [1.165, 1.54) is 0 Å². The summed E-state index contributed by atoms with van der Waals surface area (Å²) in [6.07, 6.45) is 0.0731. The van der Waals surface area contributed by atoms with E-state index in [1.807, 2.05) is 44.2 Å². The van der Waals surface area contributed by atoms with Crippen molar-refractivity contribution in [3.63, 3.8) is 0 Å². The molecule has 1 fully saturated rings. The number of piperidine rings is 1. The normalized spacial score (nSPS) is 24.8. The number of nitrogens with two attached hydrogens (primary N) is 1. The Kier molecular flexibility index (Phi) is 6.22. The summed E-state index contributed by atoms with van der Waals surface area (Å²) in [5.41, 5.74) is 7.49. The monoisotopic (exact) mass is 434 g/mol. The summed E-state index contributed by atoms with van der Waals surface area (Å²) in [4.78, 5) is 26.4. The molecule has 0 saturated carbocycles. The van der Waals surface area contributed by atoms with Crippen molar-refractivity contribution in [3.8, 4) is 0 Å². The number of halogens is 2. The Bertz CT molecular complexity index is 917. The van der Waals surface area contributed by atoms with Crippen LogP contribution in [0.5, 0.6) is 0 Å². The molecule has 3 unspecified atom stereocenters. The molecule has 0 spiro atoms. The highest BCUT2D eigenvalue weighted by Gasteiger charge is 2.53. The third kappa shape index (κ3) is 4.13. The molecule has 1 heterocycles. The van der Waals surface area contributed by atoms with Crippen LogP contribution in [0.15, 0.2) is 48.5 Å². The summed E-state index contributed by atoms with van der Waals surface area (Å²) < 4.78 is 0. The number of nitrogens with zero attached hydrogens (tertiary/aromatic N) is 1. The number of carboxylic acid groups (broad SMARTS) is 1. The van der Waals surface area contributed by atoms with Crippen molar-refractivity contribution in [3.05, 3.63) is 69.7 Å². The molecule has 1 amide bonds. The average Bonchev–Trinajstić information content (AvgIpc) is 2.64. The van der Waals surface area contributed by atoms with Crippen molar-refractivity contribution in [2.45, 2.75) is 44.3 Å². The van der Waals surface area contributed by atoms with Crippen LogP contribution in [-0.4, -0.2) is 27.9 Å². The first-order valence-electron chi connectivity index (χ1n) is 9.50. The minimum absolute atomic E-state index is 0.235. The Morgan fingerprint density at radius 3 is 2.41 bits per heavy atom. The number of benzene rings is 2. The molecule has 3 atom stereocenters. The number of carboxylic acids is 1. The van der Waals surface area contributed by atoms with Crippen LogP contribution in [0, 0.1) is 5.92 Å². The maximum absolute atomic E-state index is 13.3. The number of hydrogen-bond donors (Lipinski definition) is 2. The van der Waals surface area contributed by atoms with Gasteiger partial charge in [-0.25, -0.2) is 0 Å². The van der Waals surface area contributed by atoms with Crippen molar-refractivity contribution in [1.82, 2.24) is 4.90 Å². The summed E-state index contributed by atoms with van der Waals surface area (Å²) in [5, 5.41) is 10.5. The van der Waals surface area contributed by atoms with E-state index in [0.717, 1.165) is 11.1 Å². The molecule has 0 radical (unpaired) electrons. The maximum atomic E-state index is 13.3. The molecule has 1 aliphatic rings.